The molecule has 0 aliphatic heterocycles. The molecule has 1 atom stereocenters. The van der Waals surface area contributed by atoms with Crippen LogP contribution in [0.4, 0.5) is 10.5 Å². The third kappa shape index (κ3) is 5.25. The van der Waals surface area contributed by atoms with Crippen LogP contribution in [0.5, 0.6) is 0 Å². The number of carbonyl (C=O) groups excluding carboxylic acids is 1. The van der Waals surface area contributed by atoms with Gasteiger partial charge in [-0.2, -0.15) is 0 Å². The predicted molar refractivity (Wildman–Crippen MR) is 77.0 cm³/mol. The molecule has 100 valence electrons. The van der Waals surface area contributed by atoms with Crippen molar-refractivity contribution in [1.82, 2.24) is 5.32 Å². The Balaban J connectivity index is 2.44. The van der Waals surface area contributed by atoms with Gasteiger partial charge in [-0.05, 0) is 18.2 Å². The van der Waals surface area contributed by atoms with E-state index in [2.05, 4.69) is 10.6 Å². The number of hydrogen-bond donors (Lipinski definition) is 2. The Morgan fingerprint density at radius 3 is 2.78 bits per heavy atom. The highest BCUT2D eigenvalue weighted by Gasteiger charge is 2.06. The molecule has 0 aromatic heterocycles. The largest absolute Gasteiger partial charge is 0.337 e. The van der Waals surface area contributed by atoms with Gasteiger partial charge in [-0.1, -0.05) is 30.1 Å². The van der Waals surface area contributed by atoms with Crippen molar-refractivity contribution in [2.45, 2.75) is 6.92 Å². The van der Waals surface area contributed by atoms with Crippen molar-refractivity contribution in [3.8, 4) is 0 Å². The number of rotatable bonds is 5. The Hall–Kier alpha value is -0.780. The molecule has 18 heavy (non-hydrogen) atoms. The molecule has 0 fully saturated rings. The Labute approximate surface area is 118 Å². The van der Waals surface area contributed by atoms with Gasteiger partial charge in [0.1, 0.15) is 0 Å². The van der Waals surface area contributed by atoms with E-state index in [1.165, 1.54) is 0 Å². The van der Waals surface area contributed by atoms with Crippen LogP contribution in [0.1, 0.15) is 6.92 Å². The maximum absolute atomic E-state index is 11.5. The lowest BCUT2D eigenvalue weighted by molar-refractivity contribution is 0.252. The zero-order valence-electron chi connectivity index (χ0n) is 9.83. The lowest BCUT2D eigenvalue weighted by Gasteiger charge is -2.09. The second-order valence-corrected chi connectivity index (χ2v) is 6.15. The van der Waals surface area contributed by atoms with Crippen LogP contribution in [0, 0.1) is 0 Å². The van der Waals surface area contributed by atoms with Crippen molar-refractivity contribution in [1.29, 1.82) is 0 Å². The number of hydrogen-bond acceptors (Lipinski definition) is 2. The molecule has 0 saturated carbocycles. The van der Waals surface area contributed by atoms with E-state index in [0.717, 1.165) is 0 Å². The lowest BCUT2D eigenvalue weighted by atomic mass is 10.3. The van der Waals surface area contributed by atoms with Gasteiger partial charge in [0.25, 0.3) is 0 Å². The van der Waals surface area contributed by atoms with Gasteiger partial charge < -0.3 is 10.6 Å². The lowest BCUT2D eigenvalue weighted by Crippen LogP contribution is -2.32. The summed E-state index contributed by atoms with van der Waals surface area (Å²) in [4.78, 5) is 11.5. The molecule has 0 saturated heterocycles. The van der Waals surface area contributed by atoms with Crippen LogP contribution in [-0.2, 0) is 10.8 Å². The predicted octanol–water partition coefficient (Wildman–Crippen LogP) is 2.88. The second-order valence-electron chi connectivity index (χ2n) is 3.44. The summed E-state index contributed by atoms with van der Waals surface area (Å²) in [6.45, 7) is 2.19. The van der Waals surface area contributed by atoms with Gasteiger partial charge in [0.05, 0.1) is 10.7 Å². The molecule has 0 bridgehead atoms. The normalized spacial score (nSPS) is 11.9. The van der Waals surface area contributed by atoms with Gasteiger partial charge in [-0.25, -0.2) is 4.79 Å². The highest BCUT2D eigenvalue weighted by Crippen LogP contribution is 2.25. The van der Waals surface area contributed by atoms with Crippen molar-refractivity contribution in [3.63, 3.8) is 0 Å². The Kier molecular flexibility index (Phi) is 6.46. The Morgan fingerprint density at radius 1 is 1.39 bits per heavy atom. The summed E-state index contributed by atoms with van der Waals surface area (Å²) in [7, 11) is -0.888. The first kappa shape index (κ1) is 15.3. The molecule has 0 unspecified atom stereocenters. The van der Waals surface area contributed by atoms with Gasteiger partial charge in [-0.3, -0.25) is 4.21 Å². The maximum Gasteiger partial charge on any atom is 0.319 e. The van der Waals surface area contributed by atoms with Gasteiger partial charge in [-0.15, -0.1) is 0 Å². The molecule has 4 nitrogen and oxygen atoms in total. The molecular formula is C11H14Cl2N2O2S. The fourth-order valence-electron chi connectivity index (χ4n) is 1.18. The number of carbonyl (C=O) groups is 1. The minimum absolute atomic E-state index is 0.352. The first-order valence-corrected chi connectivity index (χ1v) is 7.62. The van der Waals surface area contributed by atoms with Crippen LogP contribution in [-0.4, -0.2) is 28.3 Å². The first-order chi connectivity index (χ1) is 8.52. The molecule has 0 aliphatic carbocycles. The van der Waals surface area contributed by atoms with Crippen molar-refractivity contribution in [2.75, 3.05) is 23.4 Å². The number of anilines is 1. The average Bonchev–Trinajstić information content (AvgIpc) is 2.33. The van der Waals surface area contributed by atoms with Crippen molar-refractivity contribution in [2.24, 2.45) is 0 Å². The van der Waals surface area contributed by atoms with Crippen LogP contribution in [0.15, 0.2) is 18.2 Å². The van der Waals surface area contributed by atoms with Crippen molar-refractivity contribution in [3.05, 3.63) is 28.2 Å². The average molecular weight is 309 g/mol. The van der Waals surface area contributed by atoms with Crippen LogP contribution in [0.2, 0.25) is 10.0 Å². The number of amides is 2. The molecule has 7 heteroatoms. The maximum atomic E-state index is 11.5. The molecule has 0 heterocycles. The first-order valence-electron chi connectivity index (χ1n) is 5.37. The quantitative estimate of drug-likeness (QED) is 0.878. The van der Waals surface area contributed by atoms with E-state index in [1.54, 1.807) is 18.2 Å². The zero-order chi connectivity index (χ0) is 13.5. The number of urea groups is 1. The summed E-state index contributed by atoms with van der Waals surface area (Å²) >= 11 is 11.7. The van der Waals surface area contributed by atoms with Crippen LogP contribution >= 0.6 is 23.2 Å². The molecule has 0 aliphatic rings. The Bertz CT molecular complexity index is 455. The van der Waals surface area contributed by atoms with Crippen LogP contribution in [0.3, 0.4) is 0 Å². The second kappa shape index (κ2) is 7.61. The summed E-state index contributed by atoms with van der Waals surface area (Å²) in [5, 5.41) is 6.07. The smallest absolute Gasteiger partial charge is 0.319 e. The molecule has 2 N–H and O–H groups in total. The SMILES string of the molecule is CC[S@@](=O)CCNC(=O)Nc1cc(Cl)ccc1Cl. The fourth-order valence-corrected chi connectivity index (χ4v) is 2.14. The summed E-state index contributed by atoms with van der Waals surface area (Å²) in [5.41, 5.74) is 0.443. The molecular weight excluding hydrogens is 295 g/mol. The minimum Gasteiger partial charge on any atom is -0.337 e. The van der Waals surface area contributed by atoms with Gasteiger partial charge in [0.15, 0.2) is 0 Å². The fraction of sp³-hybridized carbons (Fsp3) is 0.364. The molecule has 1 rings (SSSR count). The van der Waals surface area contributed by atoms with E-state index in [4.69, 9.17) is 23.2 Å². The van der Waals surface area contributed by atoms with E-state index >= 15 is 0 Å². The van der Waals surface area contributed by atoms with Gasteiger partial charge in [0.2, 0.25) is 0 Å². The van der Waals surface area contributed by atoms with E-state index in [0.29, 0.717) is 33.8 Å². The molecule has 1 aromatic rings. The topological polar surface area (TPSA) is 58.2 Å². The summed E-state index contributed by atoms with van der Waals surface area (Å²) in [6.07, 6.45) is 0. The van der Waals surface area contributed by atoms with E-state index < -0.39 is 16.8 Å². The third-order valence-electron chi connectivity index (χ3n) is 2.11. The molecule has 0 radical (unpaired) electrons. The van der Waals surface area contributed by atoms with E-state index in [1.807, 2.05) is 6.92 Å². The molecule has 2 amide bonds. The monoisotopic (exact) mass is 308 g/mol. The minimum atomic E-state index is -0.888. The highest BCUT2D eigenvalue weighted by atomic mass is 35.5. The van der Waals surface area contributed by atoms with Crippen molar-refractivity contribution >= 4 is 45.7 Å². The third-order valence-corrected chi connectivity index (χ3v) is 3.98. The molecule has 0 spiro atoms. The van der Waals surface area contributed by atoms with E-state index in [-0.39, 0.29) is 0 Å². The summed E-state index contributed by atoms with van der Waals surface area (Å²) in [6, 6.07) is 4.41. The number of nitrogens with one attached hydrogen (secondary N) is 2. The van der Waals surface area contributed by atoms with Crippen LogP contribution in [0.25, 0.3) is 0 Å². The standard InChI is InChI=1S/C11H14Cl2N2O2S/c1-2-18(17)6-5-14-11(16)15-10-7-8(12)3-4-9(10)13/h3-4,7H,2,5-6H2,1H3,(H2,14,15,16)/t18-/m1/s1. The van der Waals surface area contributed by atoms with Gasteiger partial charge in [0, 0.05) is 33.9 Å². The molecule has 1 aromatic carbocycles. The summed E-state index contributed by atoms with van der Waals surface area (Å²) in [5.74, 6) is 1.02. The van der Waals surface area contributed by atoms with E-state index in [9.17, 15) is 9.00 Å². The van der Waals surface area contributed by atoms with Crippen molar-refractivity contribution < 1.29 is 9.00 Å². The zero-order valence-corrected chi connectivity index (χ0v) is 12.2. The van der Waals surface area contributed by atoms with Crippen LogP contribution < -0.4 is 10.6 Å². The number of benzene rings is 1. The highest BCUT2D eigenvalue weighted by molar-refractivity contribution is 7.84. The van der Waals surface area contributed by atoms with Gasteiger partial charge >= 0.3 is 6.03 Å². The summed E-state index contributed by atoms with van der Waals surface area (Å²) < 4.78 is 11.2. The Morgan fingerprint density at radius 2 is 2.11 bits per heavy atom. The number of halogens is 2.